The van der Waals surface area contributed by atoms with E-state index in [1.54, 1.807) is 0 Å². The third kappa shape index (κ3) is 4.11. The van der Waals surface area contributed by atoms with E-state index < -0.39 is 46.2 Å². The van der Waals surface area contributed by atoms with E-state index in [-0.39, 0.29) is 0 Å². The number of esters is 2. The van der Waals surface area contributed by atoms with Crippen molar-refractivity contribution in [2.45, 2.75) is 53.2 Å². The predicted molar refractivity (Wildman–Crippen MR) is 73.6 cm³/mol. The van der Waals surface area contributed by atoms with E-state index in [9.17, 15) is 29.4 Å². The maximum Gasteiger partial charge on any atom is 0.357 e. The van der Waals surface area contributed by atoms with Crippen LogP contribution in [0.2, 0.25) is 0 Å². The van der Waals surface area contributed by atoms with Gasteiger partial charge in [-0.3, -0.25) is 9.59 Å². The first-order chi connectivity index (χ1) is 9.56. The van der Waals surface area contributed by atoms with Gasteiger partial charge in [0.15, 0.2) is 11.9 Å². The number of Topliss-reactive ketones (excluding diaryl/α,β-unsaturated/α-hetero) is 1. The first-order valence-corrected chi connectivity index (χ1v) is 6.51. The average molecular weight is 318 g/mol. The number of carboxylic acids is 1. The van der Waals surface area contributed by atoms with Crippen LogP contribution in [0, 0.1) is 10.8 Å². The highest BCUT2D eigenvalue weighted by molar-refractivity contribution is 6.14. The van der Waals surface area contributed by atoms with Crippen LogP contribution < -0.4 is 0 Å². The molecule has 2 unspecified atom stereocenters. The molecule has 0 aromatic rings. The minimum absolute atomic E-state index is 1.07. The second-order valence-electron chi connectivity index (χ2n) is 7.01. The van der Waals surface area contributed by atoms with Crippen molar-refractivity contribution in [3.05, 3.63) is 0 Å². The van der Waals surface area contributed by atoms with E-state index in [0.717, 1.165) is 0 Å². The summed E-state index contributed by atoms with van der Waals surface area (Å²) in [5.74, 6) is -6.17. The van der Waals surface area contributed by atoms with E-state index >= 15 is 0 Å². The first kappa shape index (κ1) is 20.2. The van der Waals surface area contributed by atoms with Gasteiger partial charge >= 0.3 is 17.9 Å². The monoisotopic (exact) mass is 318 g/mol. The third-order valence-electron chi connectivity index (χ3n) is 2.77. The smallest absolute Gasteiger partial charge is 0.357 e. The number of ketones is 1. The Labute approximate surface area is 128 Å². The van der Waals surface area contributed by atoms with Crippen LogP contribution in [-0.4, -0.2) is 50.7 Å². The highest BCUT2D eigenvalue weighted by Gasteiger charge is 2.58. The molecule has 0 aliphatic rings. The Morgan fingerprint density at radius 2 is 1.27 bits per heavy atom. The van der Waals surface area contributed by atoms with Crippen molar-refractivity contribution in [3.63, 3.8) is 0 Å². The van der Waals surface area contributed by atoms with Crippen molar-refractivity contribution >= 4 is 23.7 Å². The fraction of sp³-hybridized carbons (Fsp3) is 0.714. The van der Waals surface area contributed by atoms with Crippen molar-refractivity contribution in [3.8, 4) is 0 Å². The Morgan fingerprint density at radius 1 is 0.864 bits per heavy atom. The van der Waals surface area contributed by atoms with E-state index in [2.05, 4.69) is 4.74 Å². The predicted octanol–water partition coefficient (Wildman–Crippen LogP) is -0.106. The second-order valence-corrected chi connectivity index (χ2v) is 7.01. The van der Waals surface area contributed by atoms with Crippen LogP contribution in [-0.2, 0) is 23.9 Å². The molecule has 0 bridgehead atoms. The SMILES string of the molecule is CC(C)(C)C(=O)OC(=O)C(O)(C(=O)C(C)(C)C)C(O)C(=O)O. The Balaban J connectivity index is 5.81. The van der Waals surface area contributed by atoms with Gasteiger partial charge < -0.3 is 20.1 Å². The van der Waals surface area contributed by atoms with Gasteiger partial charge in [-0.25, -0.2) is 9.59 Å². The molecule has 3 N–H and O–H groups in total. The van der Waals surface area contributed by atoms with Gasteiger partial charge in [-0.1, -0.05) is 20.8 Å². The summed E-state index contributed by atoms with van der Waals surface area (Å²) >= 11 is 0. The summed E-state index contributed by atoms with van der Waals surface area (Å²) in [6.07, 6.45) is -2.76. The lowest BCUT2D eigenvalue weighted by atomic mass is 9.77. The maximum absolute atomic E-state index is 12.2. The molecule has 0 spiro atoms. The summed E-state index contributed by atoms with van der Waals surface area (Å²) in [7, 11) is 0. The maximum atomic E-state index is 12.2. The molecule has 0 aromatic heterocycles. The molecule has 0 amide bonds. The van der Waals surface area contributed by atoms with Gasteiger partial charge in [-0.05, 0) is 20.8 Å². The number of hydrogen-bond donors (Lipinski definition) is 3. The topological polar surface area (TPSA) is 138 Å². The Bertz CT molecular complexity index is 494. The van der Waals surface area contributed by atoms with Crippen LogP contribution in [0.1, 0.15) is 41.5 Å². The van der Waals surface area contributed by atoms with Gasteiger partial charge in [0.25, 0.3) is 5.60 Å². The van der Waals surface area contributed by atoms with Gasteiger partial charge in [-0.2, -0.15) is 0 Å². The number of carboxylic acid groups (broad SMARTS) is 1. The zero-order valence-electron chi connectivity index (χ0n) is 13.5. The molecule has 126 valence electrons. The molecule has 8 heteroatoms. The molecule has 22 heavy (non-hydrogen) atoms. The van der Waals surface area contributed by atoms with Crippen molar-refractivity contribution < 1.29 is 39.2 Å². The number of carbonyl (C=O) groups is 4. The van der Waals surface area contributed by atoms with Gasteiger partial charge in [0.2, 0.25) is 0 Å². The molecule has 0 saturated heterocycles. The molecule has 2 atom stereocenters. The molecule has 0 aliphatic carbocycles. The third-order valence-corrected chi connectivity index (χ3v) is 2.77. The number of hydrogen-bond acceptors (Lipinski definition) is 7. The van der Waals surface area contributed by atoms with Gasteiger partial charge in [0.05, 0.1) is 5.41 Å². The molecule has 0 rings (SSSR count). The highest BCUT2D eigenvalue weighted by atomic mass is 16.6. The van der Waals surface area contributed by atoms with E-state index in [0.29, 0.717) is 0 Å². The molecular formula is C14H22O8. The molecule has 0 radical (unpaired) electrons. The average Bonchev–Trinajstić information content (AvgIpc) is 2.33. The highest BCUT2D eigenvalue weighted by Crippen LogP contribution is 2.28. The van der Waals surface area contributed by atoms with Crippen molar-refractivity contribution in [1.82, 2.24) is 0 Å². The van der Waals surface area contributed by atoms with Crippen molar-refractivity contribution in [2.75, 3.05) is 0 Å². The number of aliphatic hydroxyl groups is 2. The molecule has 0 aliphatic heterocycles. The number of aliphatic carboxylic acids is 1. The number of aliphatic hydroxyl groups excluding tert-OH is 1. The van der Waals surface area contributed by atoms with Crippen LogP contribution >= 0.6 is 0 Å². The lowest BCUT2D eigenvalue weighted by Crippen LogP contribution is -2.63. The summed E-state index contributed by atoms with van der Waals surface area (Å²) in [4.78, 5) is 46.8. The fourth-order valence-electron chi connectivity index (χ4n) is 1.39. The van der Waals surface area contributed by atoms with Gasteiger partial charge in [-0.15, -0.1) is 0 Å². The van der Waals surface area contributed by atoms with Crippen LogP contribution in [0.25, 0.3) is 0 Å². The van der Waals surface area contributed by atoms with E-state index in [4.69, 9.17) is 5.11 Å². The summed E-state index contributed by atoms with van der Waals surface area (Å²) in [5.41, 5.74) is -5.88. The van der Waals surface area contributed by atoms with Crippen LogP contribution in [0.15, 0.2) is 0 Å². The fourth-order valence-corrected chi connectivity index (χ4v) is 1.39. The first-order valence-electron chi connectivity index (χ1n) is 6.51. The minimum Gasteiger partial charge on any atom is -0.479 e. The van der Waals surface area contributed by atoms with Crippen molar-refractivity contribution in [1.29, 1.82) is 0 Å². The van der Waals surface area contributed by atoms with Crippen molar-refractivity contribution in [2.24, 2.45) is 10.8 Å². The quantitative estimate of drug-likeness (QED) is 0.482. The molecule has 0 heterocycles. The largest absolute Gasteiger partial charge is 0.479 e. The van der Waals surface area contributed by atoms with Gasteiger partial charge in [0, 0.05) is 5.41 Å². The Kier molecular flexibility index (Phi) is 5.63. The summed E-state index contributed by atoms with van der Waals surface area (Å²) in [5, 5.41) is 28.6. The van der Waals surface area contributed by atoms with Crippen LogP contribution in [0.3, 0.4) is 0 Å². The zero-order chi connectivity index (χ0) is 18.1. The number of rotatable bonds is 4. The zero-order valence-corrected chi connectivity index (χ0v) is 13.5. The Hall–Kier alpha value is -1.80. The molecule has 0 aromatic carbocycles. The molecule has 8 nitrogen and oxygen atoms in total. The summed E-state index contributed by atoms with van der Waals surface area (Å²) in [6, 6.07) is 0. The van der Waals surface area contributed by atoms with Crippen LogP contribution in [0.4, 0.5) is 0 Å². The lowest BCUT2D eigenvalue weighted by molar-refractivity contribution is -0.197. The van der Waals surface area contributed by atoms with E-state index in [1.807, 2.05) is 0 Å². The normalized spacial score (nSPS) is 16.4. The molecule has 0 fully saturated rings. The summed E-state index contributed by atoms with van der Waals surface area (Å²) in [6.45, 7) is 8.19. The van der Waals surface area contributed by atoms with E-state index in [1.165, 1.54) is 41.5 Å². The van der Waals surface area contributed by atoms with Gasteiger partial charge in [0.1, 0.15) is 0 Å². The van der Waals surface area contributed by atoms with Crippen LogP contribution in [0.5, 0.6) is 0 Å². The minimum atomic E-state index is -3.38. The standard InChI is InChI=1S/C14H22O8/c1-12(2,3)9(18)14(21,7(15)8(16)17)11(20)22-10(19)13(4,5)6/h7,15,21H,1-6H3,(H,16,17). The summed E-state index contributed by atoms with van der Waals surface area (Å²) < 4.78 is 4.40. The Morgan fingerprint density at radius 3 is 1.55 bits per heavy atom. The number of carbonyl (C=O) groups excluding carboxylic acids is 3. The molecule has 0 saturated carbocycles. The lowest BCUT2D eigenvalue weighted by Gasteiger charge is -2.32. The molecular weight excluding hydrogens is 296 g/mol. The number of ether oxygens (including phenoxy) is 1. The second kappa shape index (κ2) is 6.13.